The van der Waals surface area contributed by atoms with Crippen LogP contribution in [0.2, 0.25) is 0 Å². The van der Waals surface area contributed by atoms with Crippen LogP contribution in [0.1, 0.15) is 18.2 Å². The van der Waals surface area contributed by atoms with Gasteiger partial charge < -0.3 is 11.1 Å². The van der Waals surface area contributed by atoms with Crippen molar-refractivity contribution < 1.29 is 0 Å². The maximum atomic E-state index is 5.60. The summed E-state index contributed by atoms with van der Waals surface area (Å²) in [7, 11) is 1.92. The minimum atomic E-state index is 0.544. The first-order valence-electron chi connectivity index (χ1n) is 4.17. The number of hydrogen-bond donors (Lipinski definition) is 2. The summed E-state index contributed by atoms with van der Waals surface area (Å²) in [6.45, 7) is 5.47. The van der Waals surface area contributed by atoms with Gasteiger partial charge in [0.25, 0.3) is 0 Å². The van der Waals surface area contributed by atoms with Crippen LogP contribution in [-0.2, 0) is 13.6 Å². The second-order valence-electron chi connectivity index (χ2n) is 2.77. The molecule has 0 aliphatic heterocycles. The molecule has 0 saturated heterocycles. The molecular formula is C8H16N4. The summed E-state index contributed by atoms with van der Waals surface area (Å²) in [5, 5.41) is 7.51. The molecule has 3 N–H and O–H groups in total. The lowest BCUT2D eigenvalue weighted by molar-refractivity contribution is 0.759. The van der Waals surface area contributed by atoms with Crippen molar-refractivity contribution >= 4 is 5.82 Å². The van der Waals surface area contributed by atoms with E-state index in [1.54, 1.807) is 0 Å². The summed E-state index contributed by atoms with van der Waals surface area (Å²) in [5.74, 6) is 1.04. The summed E-state index contributed by atoms with van der Waals surface area (Å²) >= 11 is 0. The van der Waals surface area contributed by atoms with Crippen molar-refractivity contribution in [2.24, 2.45) is 12.8 Å². The van der Waals surface area contributed by atoms with Gasteiger partial charge in [-0.05, 0) is 13.8 Å². The SMILES string of the molecule is CCNc1c(CN)c(C)nn1C. The molecule has 0 aromatic carbocycles. The first kappa shape index (κ1) is 9.06. The Balaban J connectivity index is 3.04. The minimum Gasteiger partial charge on any atom is -0.370 e. The number of nitrogens with zero attached hydrogens (tertiary/aromatic N) is 2. The molecule has 0 fully saturated rings. The third-order valence-corrected chi connectivity index (χ3v) is 1.89. The zero-order chi connectivity index (χ0) is 9.14. The van der Waals surface area contributed by atoms with E-state index < -0.39 is 0 Å². The van der Waals surface area contributed by atoms with E-state index in [0.717, 1.165) is 23.6 Å². The smallest absolute Gasteiger partial charge is 0.128 e. The Kier molecular flexibility index (Phi) is 2.70. The Bertz CT molecular complexity index is 264. The van der Waals surface area contributed by atoms with Gasteiger partial charge in [0.2, 0.25) is 0 Å². The van der Waals surface area contributed by atoms with Crippen molar-refractivity contribution in [1.82, 2.24) is 9.78 Å². The summed E-state index contributed by atoms with van der Waals surface area (Å²) in [6, 6.07) is 0. The van der Waals surface area contributed by atoms with Crippen LogP contribution in [0.3, 0.4) is 0 Å². The molecule has 1 aromatic rings. The van der Waals surface area contributed by atoms with Crippen LogP contribution in [-0.4, -0.2) is 16.3 Å². The van der Waals surface area contributed by atoms with Crippen LogP contribution < -0.4 is 11.1 Å². The van der Waals surface area contributed by atoms with E-state index >= 15 is 0 Å². The highest BCUT2D eigenvalue weighted by molar-refractivity contribution is 5.47. The maximum Gasteiger partial charge on any atom is 0.128 e. The lowest BCUT2D eigenvalue weighted by Crippen LogP contribution is -2.07. The maximum absolute atomic E-state index is 5.60. The summed E-state index contributed by atoms with van der Waals surface area (Å²) in [4.78, 5) is 0. The summed E-state index contributed by atoms with van der Waals surface area (Å²) in [5.41, 5.74) is 7.72. The van der Waals surface area contributed by atoms with Crippen LogP contribution in [0, 0.1) is 6.92 Å². The Morgan fingerprint density at radius 2 is 2.25 bits per heavy atom. The van der Waals surface area contributed by atoms with Gasteiger partial charge in [-0.25, -0.2) is 0 Å². The van der Waals surface area contributed by atoms with E-state index in [2.05, 4.69) is 17.3 Å². The van der Waals surface area contributed by atoms with Crippen LogP contribution in [0.4, 0.5) is 5.82 Å². The second kappa shape index (κ2) is 3.58. The van der Waals surface area contributed by atoms with Crippen molar-refractivity contribution in [2.45, 2.75) is 20.4 Å². The molecule has 0 bridgehead atoms. The van der Waals surface area contributed by atoms with E-state index in [4.69, 9.17) is 5.73 Å². The molecular weight excluding hydrogens is 152 g/mol. The summed E-state index contributed by atoms with van der Waals surface area (Å²) in [6.07, 6.45) is 0. The fourth-order valence-electron chi connectivity index (χ4n) is 1.33. The topological polar surface area (TPSA) is 55.9 Å². The molecule has 1 rings (SSSR count). The first-order valence-corrected chi connectivity index (χ1v) is 4.17. The Morgan fingerprint density at radius 3 is 2.75 bits per heavy atom. The molecule has 12 heavy (non-hydrogen) atoms. The van der Waals surface area contributed by atoms with Crippen molar-refractivity contribution in [2.75, 3.05) is 11.9 Å². The van der Waals surface area contributed by atoms with Crippen LogP contribution in [0.15, 0.2) is 0 Å². The van der Waals surface area contributed by atoms with E-state index in [9.17, 15) is 0 Å². The molecule has 0 saturated carbocycles. The Morgan fingerprint density at radius 1 is 1.58 bits per heavy atom. The van der Waals surface area contributed by atoms with Gasteiger partial charge in [0.05, 0.1) is 5.69 Å². The van der Waals surface area contributed by atoms with E-state index in [0.29, 0.717) is 6.54 Å². The van der Waals surface area contributed by atoms with E-state index in [-0.39, 0.29) is 0 Å². The molecule has 4 nitrogen and oxygen atoms in total. The third kappa shape index (κ3) is 1.43. The molecule has 0 amide bonds. The van der Waals surface area contributed by atoms with Crippen molar-refractivity contribution in [1.29, 1.82) is 0 Å². The number of nitrogens with two attached hydrogens (primary N) is 1. The normalized spacial score (nSPS) is 10.3. The van der Waals surface area contributed by atoms with Gasteiger partial charge >= 0.3 is 0 Å². The molecule has 68 valence electrons. The lowest BCUT2D eigenvalue weighted by atomic mass is 10.2. The first-order chi connectivity index (χ1) is 5.70. The van der Waals surface area contributed by atoms with Crippen molar-refractivity contribution in [3.8, 4) is 0 Å². The number of aromatic nitrogens is 2. The molecule has 0 aliphatic carbocycles. The zero-order valence-electron chi connectivity index (χ0n) is 7.89. The van der Waals surface area contributed by atoms with Gasteiger partial charge in [0.15, 0.2) is 0 Å². The van der Waals surface area contributed by atoms with E-state index in [1.165, 1.54) is 0 Å². The van der Waals surface area contributed by atoms with Gasteiger partial charge in [0.1, 0.15) is 5.82 Å². The fourth-order valence-corrected chi connectivity index (χ4v) is 1.33. The number of rotatable bonds is 3. The summed E-state index contributed by atoms with van der Waals surface area (Å²) < 4.78 is 1.83. The van der Waals surface area contributed by atoms with E-state index in [1.807, 2.05) is 18.7 Å². The molecule has 1 aromatic heterocycles. The monoisotopic (exact) mass is 168 g/mol. The quantitative estimate of drug-likeness (QED) is 0.695. The highest BCUT2D eigenvalue weighted by atomic mass is 15.3. The highest BCUT2D eigenvalue weighted by Crippen LogP contribution is 2.17. The Labute approximate surface area is 72.8 Å². The average molecular weight is 168 g/mol. The van der Waals surface area contributed by atoms with Crippen molar-refractivity contribution in [3.63, 3.8) is 0 Å². The molecule has 4 heteroatoms. The molecule has 0 spiro atoms. The predicted octanol–water partition coefficient (Wildman–Crippen LogP) is 0.619. The third-order valence-electron chi connectivity index (χ3n) is 1.89. The minimum absolute atomic E-state index is 0.544. The lowest BCUT2D eigenvalue weighted by Gasteiger charge is -2.05. The molecule has 0 radical (unpaired) electrons. The number of anilines is 1. The van der Waals surface area contributed by atoms with Gasteiger partial charge in [-0.3, -0.25) is 4.68 Å². The fraction of sp³-hybridized carbons (Fsp3) is 0.625. The van der Waals surface area contributed by atoms with Gasteiger partial charge in [0, 0.05) is 25.7 Å². The molecule has 0 unspecified atom stereocenters. The second-order valence-corrected chi connectivity index (χ2v) is 2.77. The van der Waals surface area contributed by atoms with Crippen molar-refractivity contribution in [3.05, 3.63) is 11.3 Å². The van der Waals surface area contributed by atoms with Crippen LogP contribution in [0.5, 0.6) is 0 Å². The average Bonchev–Trinajstić information content (AvgIpc) is 2.28. The molecule has 0 aliphatic rings. The van der Waals surface area contributed by atoms with Crippen LogP contribution in [0.25, 0.3) is 0 Å². The number of aryl methyl sites for hydroxylation is 2. The predicted molar refractivity (Wildman–Crippen MR) is 50.0 cm³/mol. The van der Waals surface area contributed by atoms with Gasteiger partial charge in [-0.2, -0.15) is 5.10 Å². The van der Waals surface area contributed by atoms with Crippen LogP contribution >= 0.6 is 0 Å². The molecule has 0 atom stereocenters. The molecule has 1 heterocycles. The standard InChI is InChI=1S/C8H16N4/c1-4-10-8-7(5-9)6(2)11-12(8)3/h10H,4-5,9H2,1-3H3. The number of hydrogen-bond acceptors (Lipinski definition) is 3. The van der Waals surface area contributed by atoms with Gasteiger partial charge in [-0.1, -0.05) is 0 Å². The number of nitrogens with one attached hydrogen (secondary N) is 1. The Hall–Kier alpha value is -1.03. The zero-order valence-corrected chi connectivity index (χ0v) is 7.89. The largest absolute Gasteiger partial charge is 0.370 e. The van der Waals surface area contributed by atoms with Gasteiger partial charge in [-0.15, -0.1) is 0 Å². The highest BCUT2D eigenvalue weighted by Gasteiger charge is 2.09.